The van der Waals surface area contributed by atoms with Crippen molar-refractivity contribution in [2.75, 3.05) is 24.3 Å². The molecule has 46 heavy (non-hydrogen) atoms. The van der Waals surface area contributed by atoms with E-state index >= 15 is 0 Å². The molecule has 2 saturated carbocycles. The van der Waals surface area contributed by atoms with Crippen molar-refractivity contribution in [3.05, 3.63) is 35.4 Å². The van der Waals surface area contributed by atoms with E-state index in [1.54, 1.807) is 17.8 Å². The Kier molecular flexibility index (Phi) is 9.26. The lowest BCUT2D eigenvalue weighted by molar-refractivity contribution is -0.170. The minimum Gasteiger partial charge on any atom is -0.414 e. The van der Waals surface area contributed by atoms with Gasteiger partial charge in [-0.15, -0.1) is 5.10 Å². The first-order valence-electron chi connectivity index (χ1n) is 16.3. The number of ether oxygens (including phenoxy) is 3. The van der Waals surface area contributed by atoms with Crippen LogP contribution in [0.4, 0.5) is 14.6 Å². The molecule has 2 aliphatic carbocycles. The number of benzene rings is 1. The van der Waals surface area contributed by atoms with Crippen LogP contribution in [0.5, 0.6) is 0 Å². The second-order valence-corrected chi connectivity index (χ2v) is 20.4. The molecule has 6 atom stereocenters. The van der Waals surface area contributed by atoms with E-state index in [0.717, 1.165) is 24.2 Å². The molecule has 0 spiro atoms. The summed E-state index contributed by atoms with van der Waals surface area (Å²) in [5, 5.41) is 13.4. The van der Waals surface area contributed by atoms with E-state index in [9.17, 15) is 8.78 Å². The van der Waals surface area contributed by atoms with Gasteiger partial charge in [-0.25, -0.2) is 23.4 Å². The Bertz CT molecular complexity index is 1570. The summed E-state index contributed by atoms with van der Waals surface area (Å²) < 4.78 is 54.9. The number of thioether (sulfide) groups is 1. The first-order valence-corrected chi connectivity index (χ1v) is 20.2. The molecule has 3 aliphatic rings. The topological polar surface area (TPSA) is 105 Å². The number of halogens is 2. The number of rotatable bonds is 12. The van der Waals surface area contributed by atoms with Crippen molar-refractivity contribution in [3.63, 3.8) is 0 Å². The Morgan fingerprint density at radius 2 is 1.85 bits per heavy atom. The molecule has 3 fully saturated rings. The van der Waals surface area contributed by atoms with Crippen molar-refractivity contribution >= 4 is 37.1 Å². The van der Waals surface area contributed by atoms with Crippen LogP contribution >= 0.6 is 11.8 Å². The highest BCUT2D eigenvalue weighted by molar-refractivity contribution is 7.99. The fraction of sp³-hybridized carbons (Fsp3) is 0.688. The Morgan fingerprint density at radius 3 is 2.57 bits per heavy atom. The van der Waals surface area contributed by atoms with E-state index in [1.807, 2.05) is 18.5 Å². The predicted octanol–water partition coefficient (Wildman–Crippen LogP) is 6.84. The Morgan fingerprint density at radius 1 is 1.09 bits per heavy atom. The number of nitrogens with one attached hydrogen (secondary N) is 1. The molecule has 0 radical (unpaired) electrons. The molecule has 0 amide bonds. The standard InChI is InChI=1S/C32H46F2N6O4SSi/c1-9-14-45-30-36-28(35-22-16-19(22)18-10-11-20(33)21(34)15-18)25-29(37-30)40(39-38-25)23-17-24(27-26(23)43-32(5,6)44-27)41-12-13-42-46(7,8)31(2,3)4/h10-11,15,19,22-24,26-27H,9,12-14,16-17H2,1-8H3,(H,35,36,37)/t19-,22-,23+,24-,26-,27+/m1/s1. The van der Waals surface area contributed by atoms with Crippen LogP contribution in [0.2, 0.25) is 18.1 Å². The maximum absolute atomic E-state index is 13.9. The molecule has 3 aromatic rings. The fourth-order valence-corrected chi connectivity index (χ4v) is 7.78. The van der Waals surface area contributed by atoms with E-state index in [4.69, 9.17) is 28.6 Å². The van der Waals surface area contributed by atoms with E-state index in [0.29, 0.717) is 41.8 Å². The minimum atomic E-state index is -1.89. The van der Waals surface area contributed by atoms with Gasteiger partial charge in [0.1, 0.15) is 12.2 Å². The SMILES string of the molecule is CCCSc1nc(N[C@@H]2C[C@@H]2c2ccc(F)c(F)c2)c2nnn([C@H]3C[C@@H](OCCO[Si](C)(C)C(C)(C)C)[C@@H]4OC(C)(C)O[C@@H]43)c2n1. The summed E-state index contributed by atoms with van der Waals surface area (Å²) in [6.07, 6.45) is 1.57. The van der Waals surface area contributed by atoms with Crippen LogP contribution in [0.25, 0.3) is 11.2 Å². The molecular weight excluding hydrogens is 631 g/mol. The molecular formula is C32H46F2N6O4SSi. The van der Waals surface area contributed by atoms with Gasteiger partial charge in [0.2, 0.25) is 0 Å². The molecule has 0 unspecified atom stereocenters. The average molecular weight is 677 g/mol. The lowest BCUT2D eigenvalue weighted by Crippen LogP contribution is -2.42. The summed E-state index contributed by atoms with van der Waals surface area (Å²) in [7, 11) is -1.89. The van der Waals surface area contributed by atoms with Crippen molar-refractivity contribution in [1.29, 1.82) is 0 Å². The summed E-state index contributed by atoms with van der Waals surface area (Å²) in [4.78, 5) is 9.72. The number of aromatic nitrogens is 5. The zero-order valence-electron chi connectivity index (χ0n) is 28.0. The first-order chi connectivity index (χ1) is 21.7. The van der Waals surface area contributed by atoms with Gasteiger partial charge in [-0.1, -0.05) is 50.7 Å². The normalized spacial score (nSPS) is 27.3. The van der Waals surface area contributed by atoms with Gasteiger partial charge in [-0.2, -0.15) is 0 Å². The van der Waals surface area contributed by atoms with Crippen LogP contribution in [0.1, 0.15) is 78.3 Å². The third-order valence-corrected chi connectivity index (χ3v) is 15.2. The maximum Gasteiger partial charge on any atom is 0.192 e. The van der Waals surface area contributed by atoms with Crippen molar-refractivity contribution in [3.8, 4) is 0 Å². The molecule has 1 N–H and O–H groups in total. The lowest BCUT2D eigenvalue weighted by Gasteiger charge is -2.36. The molecule has 10 nitrogen and oxygen atoms in total. The van der Waals surface area contributed by atoms with Crippen LogP contribution < -0.4 is 5.32 Å². The van der Waals surface area contributed by atoms with Gasteiger partial charge >= 0.3 is 0 Å². The number of fused-ring (bicyclic) bond motifs is 2. The largest absolute Gasteiger partial charge is 0.414 e. The molecule has 14 heteroatoms. The molecule has 1 saturated heterocycles. The summed E-state index contributed by atoms with van der Waals surface area (Å²) in [5.74, 6) is -0.966. The number of hydrogen-bond donors (Lipinski definition) is 1. The second-order valence-electron chi connectivity index (χ2n) is 14.6. The maximum atomic E-state index is 13.9. The van der Waals surface area contributed by atoms with Gasteiger partial charge in [0.15, 0.2) is 47.9 Å². The van der Waals surface area contributed by atoms with Gasteiger partial charge < -0.3 is 24.0 Å². The third-order valence-electron chi connectivity index (χ3n) is 9.60. The number of hydrogen-bond acceptors (Lipinski definition) is 10. The van der Waals surface area contributed by atoms with Crippen molar-refractivity contribution in [1.82, 2.24) is 25.0 Å². The second kappa shape index (κ2) is 12.7. The molecule has 6 rings (SSSR count). The summed E-state index contributed by atoms with van der Waals surface area (Å²) in [6, 6.07) is 3.88. The van der Waals surface area contributed by atoms with Crippen LogP contribution in [0.3, 0.4) is 0 Å². The van der Waals surface area contributed by atoms with Gasteiger partial charge in [-0.3, -0.25) is 0 Å². The summed E-state index contributed by atoms with van der Waals surface area (Å²) >= 11 is 1.58. The molecule has 0 bridgehead atoms. The number of anilines is 1. The highest BCUT2D eigenvalue weighted by Crippen LogP contribution is 2.47. The van der Waals surface area contributed by atoms with Crippen molar-refractivity contribution in [2.24, 2.45) is 0 Å². The van der Waals surface area contributed by atoms with Crippen molar-refractivity contribution < 1.29 is 27.4 Å². The van der Waals surface area contributed by atoms with E-state index < -0.39 is 25.7 Å². The number of nitrogens with zero attached hydrogens (tertiary/aromatic N) is 5. The molecule has 3 heterocycles. The van der Waals surface area contributed by atoms with Crippen LogP contribution in [0, 0.1) is 11.6 Å². The van der Waals surface area contributed by atoms with Crippen molar-refractivity contribution in [2.45, 2.75) is 126 Å². The van der Waals surface area contributed by atoms with Crippen LogP contribution in [-0.2, 0) is 18.6 Å². The molecule has 252 valence electrons. The van der Waals surface area contributed by atoms with Gasteiger partial charge in [0.05, 0.1) is 25.4 Å². The molecule has 2 aromatic heterocycles. The zero-order valence-corrected chi connectivity index (χ0v) is 29.8. The van der Waals surface area contributed by atoms with Gasteiger partial charge in [0, 0.05) is 24.1 Å². The Hall–Kier alpha value is -2.23. The highest BCUT2D eigenvalue weighted by Gasteiger charge is 2.56. The van der Waals surface area contributed by atoms with Gasteiger partial charge in [0.25, 0.3) is 0 Å². The molecule has 1 aliphatic heterocycles. The Labute approximate surface area is 274 Å². The Balaban J connectivity index is 1.23. The zero-order chi connectivity index (χ0) is 33.0. The summed E-state index contributed by atoms with van der Waals surface area (Å²) in [6.45, 7) is 18.1. The van der Waals surface area contributed by atoms with Crippen LogP contribution in [0.15, 0.2) is 23.4 Å². The van der Waals surface area contributed by atoms with Crippen LogP contribution in [-0.4, -0.2) is 82.4 Å². The van der Waals surface area contributed by atoms with E-state index in [-0.39, 0.29) is 41.4 Å². The highest BCUT2D eigenvalue weighted by atomic mass is 32.2. The predicted molar refractivity (Wildman–Crippen MR) is 176 cm³/mol. The quantitative estimate of drug-likeness (QED) is 0.0949. The molecule has 1 aromatic carbocycles. The smallest absolute Gasteiger partial charge is 0.192 e. The summed E-state index contributed by atoms with van der Waals surface area (Å²) in [5.41, 5.74) is 1.92. The van der Waals surface area contributed by atoms with Gasteiger partial charge in [-0.05, 0) is 62.5 Å². The van der Waals surface area contributed by atoms with E-state index in [1.165, 1.54) is 12.1 Å². The van der Waals surface area contributed by atoms with E-state index in [2.05, 4.69) is 56.4 Å². The average Bonchev–Trinajstić information content (AvgIpc) is 3.31. The monoisotopic (exact) mass is 676 g/mol. The third kappa shape index (κ3) is 6.84. The lowest BCUT2D eigenvalue weighted by atomic mass is 10.1. The minimum absolute atomic E-state index is 0.00619. The fourth-order valence-electron chi connectivity index (χ4n) is 6.06. The first kappa shape index (κ1) is 33.7.